The van der Waals surface area contributed by atoms with Gasteiger partial charge in [-0.25, -0.2) is 8.78 Å². The van der Waals surface area contributed by atoms with Crippen molar-refractivity contribution < 1.29 is 13.6 Å². The van der Waals surface area contributed by atoms with Gasteiger partial charge < -0.3 is 4.84 Å². The summed E-state index contributed by atoms with van der Waals surface area (Å²) in [5.41, 5.74) is 1.01. The highest BCUT2D eigenvalue weighted by Gasteiger charge is 2.37. The minimum Gasteiger partial charge on any atom is -0.390 e. The zero-order valence-corrected chi connectivity index (χ0v) is 7.38. The number of rotatable bonds is 3. The minimum absolute atomic E-state index is 0.530. The van der Waals surface area contributed by atoms with Crippen LogP contribution in [-0.2, 0) is 4.84 Å². The molecule has 0 aromatic carbocycles. The molecule has 2 unspecified atom stereocenters. The van der Waals surface area contributed by atoms with Crippen molar-refractivity contribution in [2.75, 3.05) is 6.61 Å². The summed E-state index contributed by atoms with van der Waals surface area (Å²) in [7, 11) is 0. The summed E-state index contributed by atoms with van der Waals surface area (Å²) in [6, 6.07) is 0. The highest BCUT2D eigenvalue weighted by atomic mass is 19.3. The average Bonchev–Trinajstić information content (AvgIpc) is 2.64. The molecule has 0 heterocycles. The Morgan fingerprint density at radius 3 is 2.85 bits per heavy atom. The Morgan fingerprint density at radius 2 is 2.31 bits per heavy atom. The molecule has 2 aliphatic carbocycles. The SMILES string of the molecule is FC(F)CO/N=C1\CC2CCC1C2. The number of nitrogens with zero attached hydrogens (tertiary/aromatic N) is 1. The van der Waals surface area contributed by atoms with E-state index in [1.54, 1.807) is 0 Å². The van der Waals surface area contributed by atoms with E-state index in [-0.39, 0.29) is 0 Å². The van der Waals surface area contributed by atoms with Crippen LogP contribution in [0.25, 0.3) is 0 Å². The van der Waals surface area contributed by atoms with Crippen molar-refractivity contribution in [3.63, 3.8) is 0 Å². The Morgan fingerprint density at radius 1 is 1.46 bits per heavy atom. The molecule has 2 bridgehead atoms. The molecule has 2 fully saturated rings. The molecule has 2 atom stereocenters. The monoisotopic (exact) mass is 189 g/mol. The van der Waals surface area contributed by atoms with E-state index in [9.17, 15) is 8.78 Å². The Balaban J connectivity index is 1.81. The van der Waals surface area contributed by atoms with Crippen molar-refractivity contribution in [3.05, 3.63) is 0 Å². The van der Waals surface area contributed by atoms with E-state index < -0.39 is 13.0 Å². The van der Waals surface area contributed by atoms with Gasteiger partial charge >= 0.3 is 0 Å². The minimum atomic E-state index is -2.41. The van der Waals surface area contributed by atoms with Crippen LogP contribution in [0.15, 0.2) is 5.16 Å². The van der Waals surface area contributed by atoms with E-state index >= 15 is 0 Å². The van der Waals surface area contributed by atoms with Crippen LogP contribution in [0.2, 0.25) is 0 Å². The van der Waals surface area contributed by atoms with Crippen molar-refractivity contribution in [3.8, 4) is 0 Å². The van der Waals surface area contributed by atoms with Gasteiger partial charge in [-0.1, -0.05) is 5.16 Å². The number of oxime groups is 1. The molecule has 0 radical (unpaired) electrons. The normalized spacial score (nSPS) is 34.8. The van der Waals surface area contributed by atoms with Gasteiger partial charge in [0.05, 0.1) is 5.71 Å². The molecule has 0 aliphatic heterocycles. The summed E-state index contributed by atoms with van der Waals surface area (Å²) < 4.78 is 23.4. The average molecular weight is 189 g/mol. The van der Waals surface area contributed by atoms with Gasteiger partial charge in [0, 0.05) is 5.92 Å². The van der Waals surface area contributed by atoms with Crippen LogP contribution in [-0.4, -0.2) is 18.7 Å². The summed E-state index contributed by atoms with van der Waals surface area (Å²) in [6.07, 6.45) is 2.19. The second-order valence-electron chi connectivity index (χ2n) is 3.85. The van der Waals surface area contributed by atoms with E-state index in [2.05, 4.69) is 9.99 Å². The summed E-state index contributed by atoms with van der Waals surface area (Å²) in [5, 5.41) is 3.78. The van der Waals surface area contributed by atoms with Crippen molar-refractivity contribution >= 4 is 5.71 Å². The third kappa shape index (κ3) is 1.98. The Kier molecular flexibility index (Phi) is 2.47. The van der Waals surface area contributed by atoms with Crippen LogP contribution in [0.5, 0.6) is 0 Å². The zero-order chi connectivity index (χ0) is 9.26. The molecule has 2 nitrogen and oxygen atoms in total. The molecule has 0 N–H and O–H groups in total. The molecular weight excluding hydrogens is 176 g/mol. The maximum Gasteiger partial charge on any atom is 0.274 e. The standard InChI is InChI=1S/C9H13F2NO/c10-9(11)5-13-12-8-4-6-1-2-7(8)3-6/h6-7,9H,1-5H2/b12-8+. The Labute approximate surface area is 75.9 Å². The van der Waals surface area contributed by atoms with Crippen molar-refractivity contribution in [1.29, 1.82) is 0 Å². The van der Waals surface area contributed by atoms with Gasteiger partial charge in [0.1, 0.15) is 0 Å². The fourth-order valence-corrected chi connectivity index (χ4v) is 2.31. The molecule has 2 rings (SSSR count). The van der Waals surface area contributed by atoms with Crippen molar-refractivity contribution in [2.45, 2.75) is 32.1 Å². The first-order chi connectivity index (χ1) is 6.25. The molecule has 0 spiro atoms. The first-order valence-corrected chi connectivity index (χ1v) is 4.72. The van der Waals surface area contributed by atoms with Gasteiger partial charge in [0.15, 0.2) is 6.61 Å². The largest absolute Gasteiger partial charge is 0.390 e. The van der Waals surface area contributed by atoms with Crippen LogP contribution in [0.4, 0.5) is 8.78 Å². The van der Waals surface area contributed by atoms with Crippen LogP contribution < -0.4 is 0 Å². The maximum absolute atomic E-state index is 11.7. The van der Waals surface area contributed by atoms with Gasteiger partial charge in [0.25, 0.3) is 6.43 Å². The van der Waals surface area contributed by atoms with Crippen LogP contribution >= 0.6 is 0 Å². The molecule has 13 heavy (non-hydrogen) atoms. The third-order valence-corrected chi connectivity index (χ3v) is 2.89. The quantitative estimate of drug-likeness (QED) is 0.625. The molecule has 2 saturated carbocycles. The van der Waals surface area contributed by atoms with E-state index in [0.29, 0.717) is 5.92 Å². The van der Waals surface area contributed by atoms with E-state index in [0.717, 1.165) is 18.1 Å². The molecule has 0 aromatic rings. The summed E-state index contributed by atoms with van der Waals surface area (Å²) in [4.78, 5) is 4.57. The second kappa shape index (κ2) is 3.60. The van der Waals surface area contributed by atoms with Crippen molar-refractivity contribution in [2.24, 2.45) is 17.0 Å². The zero-order valence-electron chi connectivity index (χ0n) is 7.38. The number of hydrogen-bond donors (Lipinski definition) is 0. The summed E-state index contributed by atoms with van der Waals surface area (Å²) in [6.45, 7) is -0.569. The molecular formula is C9H13F2NO. The van der Waals surface area contributed by atoms with Gasteiger partial charge in [-0.2, -0.15) is 0 Å². The first-order valence-electron chi connectivity index (χ1n) is 4.72. The van der Waals surface area contributed by atoms with E-state index in [1.807, 2.05) is 0 Å². The highest BCUT2D eigenvalue weighted by Crippen LogP contribution is 2.42. The molecule has 2 aliphatic rings. The molecule has 4 heteroatoms. The van der Waals surface area contributed by atoms with Gasteiger partial charge in [-0.3, -0.25) is 0 Å². The number of halogens is 2. The Bertz CT molecular complexity index is 218. The lowest BCUT2D eigenvalue weighted by molar-refractivity contribution is 0.0195. The van der Waals surface area contributed by atoms with Crippen LogP contribution in [0.1, 0.15) is 25.7 Å². The summed E-state index contributed by atoms with van der Waals surface area (Å²) >= 11 is 0. The third-order valence-electron chi connectivity index (χ3n) is 2.89. The lowest BCUT2D eigenvalue weighted by atomic mass is 9.99. The fourth-order valence-electron chi connectivity index (χ4n) is 2.31. The summed E-state index contributed by atoms with van der Waals surface area (Å²) in [5.74, 6) is 1.28. The smallest absolute Gasteiger partial charge is 0.274 e. The lowest BCUT2D eigenvalue weighted by Gasteiger charge is -2.10. The lowest BCUT2D eigenvalue weighted by Crippen LogP contribution is -2.11. The fraction of sp³-hybridized carbons (Fsp3) is 0.889. The predicted molar refractivity (Wildman–Crippen MR) is 44.8 cm³/mol. The highest BCUT2D eigenvalue weighted by molar-refractivity contribution is 5.89. The van der Waals surface area contributed by atoms with Gasteiger partial charge in [-0.15, -0.1) is 0 Å². The molecule has 74 valence electrons. The van der Waals surface area contributed by atoms with E-state index in [4.69, 9.17) is 0 Å². The Hall–Kier alpha value is -0.670. The van der Waals surface area contributed by atoms with Crippen molar-refractivity contribution in [1.82, 2.24) is 0 Å². The topological polar surface area (TPSA) is 21.6 Å². The van der Waals surface area contributed by atoms with E-state index in [1.165, 1.54) is 19.3 Å². The molecule has 0 aromatic heterocycles. The molecule has 0 saturated heterocycles. The van der Waals surface area contributed by atoms with Crippen LogP contribution in [0.3, 0.4) is 0 Å². The van der Waals surface area contributed by atoms with Gasteiger partial charge in [-0.05, 0) is 31.6 Å². The predicted octanol–water partition coefficient (Wildman–Crippen LogP) is 2.44. The first kappa shape index (κ1) is 8.91. The van der Waals surface area contributed by atoms with Gasteiger partial charge in [0.2, 0.25) is 0 Å². The molecule has 0 amide bonds. The second-order valence-corrected chi connectivity index (χ2v) is 3.85. The number of fused-ring (bicyclic) bond motifs is 2. The maximum atomic E-state index is 11.7. The number of hydrogen-bond acceptors (Lipinski definition) is 2. The number of alkyl halides is 2. The van der Waals surface area contributed by atoms with Crippen LogP contribution in [0, 0.1) is 11.8 Å².